The Hall–Kier alpha value is -1.29. The topological polar surface area (TPSA) is 47.3 Å². The van der Waals surface area contributed by atoms with Crippen LogP contribution in [0.2, 0.25) is 0 Å². The summed E-state index contributed by atoms with van der Waals surface area (Å²) in [5.41, 5.74) is 7.57. The maximum Gasteiger partial charge on any atom is 0.123 e. The molecule has 3 nitrogen and oxygen atoms in total. The minimum absolute atomic E-state index is 0.155. The highest BCUT2D eigenvalue weighted by molar-refractivity contribution is 7.99. The summed E-state index contributed by atoms with van der Waals surface area (Å²) in [7, 11) is 0. The predicted molar refractivity (Wildman–Crippen MR) is 82.6 cm³/mol. The van der Waals surface area contributed by atoms with Crippen molar-refractivity contribution in [2.45, 2.75) is 20.0 Å². The van der Waals surface area contributed by atoms with Gasteiger partial charge in [0, 0.05) is 41.6 Å². The van der Waals surface area contributed by atoms with Gasteiger partial charge in [0.25, 0.3) is 0 Å². The average Bonchev–Trinajstić information content (AvgIpc) is 2.27. The van der Waals surface area contributed by atoms with E-state index in [9.17, 15) is 0 Å². The molecule has 3 N–H and O–H groups in total. The number of anilines is 2. The van der Waals surface area contributed by atoms with Gasteiger partial charge in [-0.25, -0.2) is 0 Å². The van der Waals surface area contributed by atoms with Crippen LogP contribution in [0.3, 0.4) is 0 Å². The van der Waals surface area contributed by atoms with Crippen LogP contribution in [0.5, 0.6) is 5.75 Å². The number of hydrogen-bond acceptors (Lipinski definition) is 4. The summed E-state index contributed by atoms with van der Waals surface area (Å²) in [6.07, 6.45) is 2.07. The molecule has 0 radical (unpaired) electrons. The molecule has 1 aromatic rings. The Balaban J connectivity index is 2.49. The Bertz CT molecular complexity index is 380. The summed E-state index contributed by atoms with van der Waals surface area (Å²) in [6, 6.07) is 5.75. The molecule has 0 heterocycles. The number of ether oxygens (including phenoxy) is 1. The molecule has 0 spiro atoms. The van der Waals surface area contributed by atoms with Crippen LogP contribution in [0.1, 0.15) is 13.8 Å². The van der Waals surface area contributed by atoms with Crippen molar-refractivity contribution in [1.29, 1.82) is 0 Å². The number of rotatable bonds is 8. The van der Waals surface area contributed by atoms with Crippen molar-refractivity contribution >= 4 is 23.1 Å². The predicted octanol–water partition coefficient (Wildman–Crippen LogP) is 3.39. The van der Waals surface area contributed by atoms with Crippen LogP contribution in [0.15, 0.2) is 30.9 Å². The first-order chi connectivity index (χ1) is 8.61. The molecule has 100 valence electrons. The van der Waals surface area contributed by atoms with Crippen molar-refractivity contribution in [2.75, 3.05) is 29.1 Å². The fraction of sp³-hybridized carbons (Fsp3) is 0.429. The van der Waals surface area contributed by atoms with Crippen molar-refractivity contribution in [3.05, 3.63) is 30.9 Å². The fourth-order valence-corrected chi connectivity index (χ4v) is 2.08. The molecule has 0 saturated heterocycles. The van der Waals surface area contributed by atoms with Crippen LogP contribution in [-0.2, 0) is 0 Å². The van der Waals surface area contributed by atoms with Crippen molar-refractivity contribution in [1.82, 2.24) is 0 Å². The van der Waals surface area contributed by atoms with Gasteiger partial charge in [0.1, 0.15) is 5.75 Å². The molecule has 0 fully saturated rings. The fourth-order valence-electron chi connectivity index (χ4n) is 1.50. The molecule has 0 aliphatic carbocycles. The van der Waals surface area contributed by atoms with Crippen molar-refractivity contribution in [2.24, 2.45) is 0 Å². The highest BCUT2D eigenvalue weighted by Gasteiger charge is 2.02. The molecule has 18 heavy (non-hydrogen) atoms. The Morgan fingerprint density at radius 2 is 2.22 bits per heavy atom. The summed E-state index contributed by atoms with van der Waals surface area (Å²) in [5, 5.41) is 3.34. The van der Waals surface area contributed by atoms with E-state index in [1.165, 1.54) is 0 Å². The summed E-state index contributed by atoms with van der Waals surface area (Å²) < 4.78 is 5.64. The lowest BCUT2D eigenvalue weighted by atomic mass is 10.2. The number of nitrogens with two attached hydrogens (primary N) is 1. The number of nitrogens with one attached hydrogen (secondary N) is 1. The van der Waals surface area contributed by atoms with Gasteiger partial charge in [-0.2, -0.15) is 11.8 Å². The highest BCUT2D eigenvalue weighted by Crippen LogP contribution is 2.23. The Morgan fingerprint density at radius 3 is 2.89 bits per heavy atom. The Morgan fingerprint density at radius 1 is 1.44 bits per heavy atom. The lowest BCUT2D eigenvalue weighted by Gasteiger charge is -2.13. The van der Waals surface area contributed by atoms with Gasteiger partial charge in [0.2, 0.25) is 0 Å². The lowest BCUT2D eigenvalue weighted by molar-refractivity contribution is 0.242. The zero-order valence-electron chi connectivity index (χ0n) is 11.1. The quantitative estimate of drug-likeness (QED) is 0.430. The van der Waals surface area contributed by atoms with Crippen LogP contribution in [-0.4, -0.2) is 24.2 Å². The van der Waals surface area contributed by atoms with Gasteiger partial charge in [-0.15, -0.1) is 6.58 Å². The van der Waals surface area contributed by atoms with Gasteiger partial charge >= 0.3 is 0 Å². The molecule has 0 aliphatic heterocycles. The molecule has 4 heteroatoms. The molecule has 0 saturated carbocycles. The third-order valence-corrected chi connectivity index (χ3v) is 3.08. The molecule has 1 rings (SSSR count). The van der Waals surface area contributed by atoms with Crippen LogP contribution >= 0.6 is 11.8 Å². The molecule has 0 aliphatic rings. The van der Waals surface area contributed by atoms with E-state index in [-0.39, 0.29) is 6.10 Å². The second-order valence-corrected chi connectivity index (χ2v) is 5.40. The monoisotopic (exact) mass is 266 g/mol. The highest BCUT2D eigenvalue weighted by atomic mass is 32.2. The van der Waals surface area contributed by atoms with E-state index in [1.807, 2.05) is 49.9 Å². The van der Waals surface area contributed by atoms with Crippen LogP contribution in [0, 0.1) is 0 Å². The van der Waals surface area contributed by atoms with Gasteiger partial charge in [-0.3, -0.25) is 0 Å². The third-order valence-electron chi connectivity index (χ3n) is 2.11. The van der Waals surface area contributed by atoms with Gasteiger partial charge < -0.3 is 15.8 Å². The lowest BCUT2D eigenvalue weighted by Crippen LogP contribution is -2.08. The molecule has 1 aromatic carbocycles. The summed E-state index contributed by atoms with van der Waals surface area (Å²) in [5.74, 6) is 2.84. The summed E-state index contributed by atoms with van der Waals surface area (Å²) in [4.78, 5) is 0. The molecule has 0 amide bonds. The molecule has 0 atom stereocenters. The zero-order chi connectivity index (χ0) is 13.4. The number of thioether (sulfide) groups is 1. The first-order valence-electron chi connectivity index (χ1n) is 6.11. The second-order valence-electron chi connectivity index (χ2n) is 4.25. The van der Waals surface area contributed by atoms with Gasteiger partial charge in [-0.05, 0) is 19.9 Å². The van der Waals surface area contributed by atoms with E-state index >= 15 is 0 Å². The van der Waals surface area contributed by atoms with E-state index in [0.717, 1.165) is 35.2 Å². The SMILES string of the molecule is C=CCSCCNc1cc(N)cc(OC(C)C)c1. The van der Waals surface area contributed by atoms with Crippen LogP contribution in [0.4, 0.5) is 11.4 Å². The normalized spacial score (nSPS) is 10.4. The standard InChI is InChI=1S/C14H22N2OS/c1-4-6-18-7-5-16-13-8-12(15)9-14(10-13)17-11(2)3/h4,8-11,16H,1,5-7,15H2,2-3H3. The number of nitrogen functional groups attached to an aromatic ring is 1. The van der Waals surface area contributed by atoms with Crippen molar-refractivity contribution in [3.63, 3.8) is 0 Å². The van der Waals surface area contributed by atoms with E-state index in [4.69, 9.17) is 10.5 Å². The third kappa shape index (κ3) is 5.87. The van der Waals surface area contributed by atoms with Crippen LogP contribution < -0.4 is 15.8 Å². The smallest absolute Gasteiger partial charge is 0.123 e. The van der Waals surface area contributed by atoms with Gasteiger partial charge in [0.05, 0.1) is 6.10 Å². The van der Waals surface area contributed by atoms with E-state index in [2.05, 4.69) is 11.9 Å². The number of hydrogen-bond donors (Lipinski definition) is 2. The minimum atomic E-state index is 0.155. The van der Waals surface area contributed by atoms with E-state index < -0.39 is 0 Å². The largest absolute Gasteiger partial charge is 0.491 e. The summed E-state index contributed by atoms with van der Waals surface area (Å²) >= 11 is 1.85. The maximum atomic E-state index is 5.85. The van der Waals surface area contributed by atoms with Crippen LogP contribution in [0.25, 0.3) is 0 Å². The molecule has 0 unspecified atom stereocenters. The maximum absolute atomic E-state index is 5.85. The molecule has 0 aromatic heterocycles. The summed E-state index contributed by atoms with van der Waals surface area (Å²) in [6.45, 7) is 8.60. The second kappa shape index (κ2) is 7.93. The minimum Gasteiger partial charge on any atom is -0.491 e. The number of benzene rings is 1. The first kappa shape index (κ1) is 14.8. The average molecular weight is 266 g/mol. The Kier molecular flexibility index (Phi) is 6.50. The Labute approximate surface area is 114 Å². The van der Waals surface area contributed by atoms with Crippen molar-refractivity contribution < 1.29 is 4.74 Å². The first-order valence-corrected chi connectivity index (χ1v) is 7.27. The molecule has 0 bridgehead atoms. The van der Waals surface area contributed by atoms with E-state index in [1.54, 1.807) is 0 Å². The van der Waals surface area contributed by atoms with Crippen molar-refractivity contribution in [3.8, 4) is 5.75 Å². The van der Waals surface area contributed by atoms with Gasteiger partial charge in [-0.1, -0.05) is 6.08 Å². The zero-order valence-corrected chi connectivity index (χ0v) is 11.9. The van der Waals surface area contributed by atoms with Gasteiger partial charge in [0.15, 0.2) is 0 Å². The molecular formula is C14H22N2OS. The molecular weight excluding hydrogens is 244 g/mol. The van der Waals surface area contributed by atoms with E-state index in [0.29, 0.717) is 0 Å².